The molecule has 2 rings (SSSR count). The van der Waals surface area contributed by atoms with Crippen LogP contribution in [0.1, 0.15) is 30.7 Å². The first-order valence-corrected chi connectivity index (χ1v) is 7.45. The third-order valence-corrected chi connectivity index (χ3v) is 3.49. The summed E-state index contributed by atoms with van der Waals surface area (Å²) in [5.74, 6) is 1.64. The van der Waals surface area contributed by atoms with Gasteiger partial charge in [0.25, 0.3) is 0 Å². The maximum absolute atomic E-state index is 5.50. The first-order chi connectivity index (χ1) is 9.63. The zero-order chi connectivity index (χ0) is 14.4. The van der Waals surface area contributed by atoms with E-state index < -0.39 is 0 Å². The highest BCUT2D eigenvalue weighted by molar-refractivity contribution is 5.22. The molecule has 1 aromatic carbocycles. The van der Waals surface area contributed by atoms with Crippen molar-refractivity contribution in [2.24, 2.45) is 5.92 Å². The fourth-order valence-electron chi connectivity index (χ4n) is 2.50. The average molecular weight is 271 g/mol. The third kappa shape index (κ3) is 4.86. The van der Waals surface area contributed by atoms with E-state index in [1.165, 1.54) is 11.1 Å². The normalized spacial score (nSPS) is 12.8. The van der Waals surface area contributed by atoms with E-state index in [9.17, 15) is 0 Å². The van der Waals surface area contributed by atoms with Crippen LogP contribution in [0.5, 0.6) is 0 Å². The number of furan rings is 1. The van der Waals surface area contributed by atoms with Crippen molar-refractivity contribution < 1.29 is 4.42 Å². The molecule has 0 amide bonds. The van der Waals surface area contributed by atoms with Gasteiger partial charge in [-0.2, -0.15) is 0 Å². The van der Waals surface area contributed by atoms with Crippen LogP contribution in [0.3, 0.4) is 0 Å². The smallest absolute Gasteiger partial charge is 0.104 e. The van der Waals surface area contributed by atoms with Crippen LogP contribution in [0.25, 0.3) is 0 Å². The van der Waals surface area contributed by atoms with E-state index in [4.69, 9.17) is 4.42 Å². The van der Waals surface area contributed by atoms with E-state index in [0.717, 1.165) is 25.1 Å². The molecule has 1 heterocycles. The zero-order valence-corrected chi connectivity index (χ0v) is 12.7. The van der Waals surface area contributed by atoms with E-state index in [1.807, 2.05) is 6.07 Å². The van der Waals surface area contributed by atoms with Crippen molar-refractivity contribution in [1.82, 2.24) is 5.32 Å². The van der Waals surface area contributed by atoms with Crippen LogP contribution in [0.2, 0.25) is 0 Å². The van der Waals surface area contributed by atoms with Gasteiger partial charge in [-0.05, 0) is 43.5 Å². The molecule has 108 valence electrons. The molecule has 1 N–H and O–H groups in total. The highest BCUT2D eigenvalue weighted by atomic mass is 16.3. The molecule has 1 atom stereocenters. The molecular weight excluding hydrogens is 246 g/mol. The number of rotatable bonds is 7. The fourth-order valence-corrected chi connectivity index (χ4v) is 2.50. The van der Waals surface area contributed by atoms with Gasteiger partial charge >= 0.3 is 0 Å². The van der Waals surface area contributed by atoms with Crippen molar-refractivity contribution in [3.63, 3.8) is 0 Å². The Hall–Kier alpha value is -1.54. The molecule has 0 saturated heterocycles. The minimum Gasteiger partial charge on any atom is -0.469 e. The Labute approximate surface area is 122 Å². The van der Waals surface area contributed by atoms with E-state index in [-0.39, 0.29) is 0 Å². The Bertz CT molecular complexity index is 502. The zero-order valence-electron chi connectivity index (χ0n) is 12.7. The van der Waals surface area contributed by atoms with Gasteiger partial charge in [-0.3, -0.25) is 0 Å². The molecule has 20 heavy (non-hydrogen) atoms. The van der Waals surface area contributed by atoms with E-state index in [0.29, 0.717) is 12.0 Å². The first-order valence-electron chi connectivity index (χ1n) is 7.45. The number of nitrogens with one attached hydrogen (secondary N) is 1. The predicted octanol–water partition coefficient (Wildman–Crippen LogP) is 3.99. The maximum atomic E-state index is 5.50. The molecule has 0 fully saturated rings. The first kappa shape index (κ1) is 14.9. The molecule has 0 spiro atoms. The molecule has 0 aliphatic heterocycles. The molecule has 0 aliphatic carbocycles. The van der Waals surface area contributed by atoms with Crippen molar-refractivity contribution in [3.8, 4) is 0 Å². The number of aryl methyl sites for hydroxylation is 1. The highest BCUT2D eigenvalue weighted by Gasteiger charge is 2.13. The lowest BCUT2D eigenvalue weighted by molar-refractivity contribution is 0.402. The van der Waals surface area contributed by atoms with Crippen LogP contribution in [0, 0.1) is 12.8 Å². The summed E-state index contributed by atoms with van der Waals surface area (Å²) in [6.45, 7) is 7.55. The van der Waals surface area contributed by atoms with Gasteiger partial charge in [0.2, 0.25) is 0 Å². The van der Waals surface area contributed by atoms with Crippen molar-refractivity contribution in [1.29, 1.82) is 0 Å². The van der Waals surface area contributed by atoms with E-state index in [2.05, 4.69) is 56.4 Å². The Morgan fingerprint density at radius 1 is 1.10 bits per heavy atom. The molecular formula is C18H25NO. The van der Waals surface area contributed by atoms with Gasteiger partial charge in [-0.1, -0.05) is 43.7 Å². The van der Waals surface area contributed by atoms with Crippen molar-refractivity contribution in [3.05, 3.63) is 59.5 Å². The molecule has 0 bridgehead atoms. The second-order valence-corrected chi connectivity index (χ2v) is 5.91. The van der Waals surface area contributed by atoms with Gasteiger partial charge in [-0.25, -0.2) is 0 Å². The maximum Gasteiger partial charge on any atom is 0.104 e. The fraction of sp³-hybridized carbons (Fsp3) is 0.444. The Kier molecular flexibility index (Phi) is 5.42. The summed E-state index contributed by atoms with van der Waals surface area (Å²) in [7, 11) is 0. The van der Waals surface area contributed by atoms with Crippen LogP contribution in [0.4, 0.5) is 0 Å². The molecule has 0 saturated carbocycles. The SMILES string of the molecule is Cc1cccc(CC(CNC(C)C)Cc2ccco2)c1. The number of hydrogen-bond acceptors (Lipinski definition) is 2. The standard InChI is InChI=1S/C18H25NO/c1-14(2)19-13-17(12-18-8-5-9-20-18)11-16-7-4-6-15(3)10-16/h4-10,14,17,19H,11-13H2,1-3H3. The quantitative estimate of drug-likeness (QED) is 0.823. The summed E-state index contributed by atoms with van der Waals surface area (Å²) in [5, 5.41) is 3.55. The largest absolute Gasteiger partial charge is 0.469 e. The van der Waals surface area contributed by atoms with E-state index in [1.54, 1.807) is 6.26 Å². The minimum atomic E-state index is 0.520. The van der Waals surface area contributed by atoms with Gasteiger partial charge in [0.05, 0.1) is 6.26 Å². The number of hydrogen-bond donors (Lipinski definition) is 1. The van der Waals surface area contributed by atoms with E-state index >= 15 is 0 Å². The molecule has 0 aliphatic rings. The summed E-state index contributed by atoms with van der Waals surface area (Å²) < 4.78 is 5.50. The Morgan fingerprint density at radius 2 is 1.95 bits per heavy atom. The molecule has 1 aromatic heterocycles. The summed E-state index contributed by atoms with van der Waals surface area (Å²) in [5.41, 5.74) is 2.74. The summed E-state index contributed by atoms with van der Waals surface area (Å²) in [6.07, 6.45) is 3.83. The summed E-state index contributed by atoms with van der Waals surface area (Å²) in [6, 6.07) is 13.4. The molecule has 2 aromatic rings. The third-order valence-electron chi connectivity index (χ3n) is 3.49. The topological polar surface area (TPSA) is 25.2 Å². The van der Waals surface area contributed by atoms with Gasteiger partial charge in [0, 0.05) is 12.5 Å². The molecule has 2 heteroatoms. The van der Waals surface area contributed by atoms with Crippen LogP contribution in [0.15, 0.2) is 47.1 Å². The van der Waals surface area contributed by atoms with Crippen molar-refractivity contribution >= 4 is 0 Å². The molecule has 0 radical (unpaired) electrons. The molecule has 2 nitrogen and oxygen atoms in total. The minimum absolute atomic E-state index is 0.520. The summed E-state index contributed by atoms with van der Waals surface area (Å²) >= 11 is 0. The predicted molar refractivity (Wildman–Crippen MR) is 83.9 cm³/mol. The average Bonchev–Trinajstić information content (AvgIpc) is 2.89. The van der Waals surface area contributed by atoms with Crippen molar-refractivity contribution in [2.75, 3.05) is 6.54 Å². The van der Waals surface area contributed by atoms with Crippen LogP contribution in [-0.2, 0) is 12.8 Å². The monoisotopic (exact) mass is 271 g/mol. The number of benzene rings is 1. The van der Waals surface area contributed by atoms with Crippen LogP contribution < -0.4 is 5.32 Å². The van der Waals surface area contributed by atoms with Crippen LogP contribution >= 0.6 is 0 Å². The Morgan fingerprint density at radius 3 is 2.60 bits per heavy atom. The lowest BCUT2D eigenvalue weighted by Gasteiger charge is -2.19. The Balaban J connectivity index is 2.01. The molecule has 1 unspecified atom stereocenters. The lowest BCUT2D eigenvalue weighted by Crippen LogP contribution is -2.31. The van der Waals surface area contributed by atoms with Crippen LogP contribution in [-0.4, -0.2) is 12.6 Å². The van der Waals surface area contributed by atoms with Crippen molar-refractivity contribution in [2.45, 2.75) is 39.7 Å². The van der Waals surface area contributed by atoms with Gasteiger partial charge in [0.15, 0.2) is 0 Å². The second-order valence-electron chi connectivity index (χ2n) is 5.91. The van der Waals surface area contributed by atoms with Gasteiger partial charge in [0.1, 0.15) is 5.76 Å². The highest BCUT2D eigenvalue weighted by Crippen LogP contribution is 2.16. The lowest BCUT2D eigenvalue weighted by atomic mass is 9.94. The van der Waals surface area contributed by atoms with Gasteiger partial charge < -0.3 is 9.73 Å². The summed E-state index contributed by atoms with van der Waals surface area (Å²) in [4.78, 5) is 0. The second kappa shape index (κ2) is 7.30. The van der Waals surface area contributed by atoms with Gasteiger partial charge in [-0.15, -0.1) is 0 Å².